The van der Waals surface area contributed by atoms with Crippen molar-refractivity contribution in [3.05, 3.63) is 29.3 Å². The zero-order chi connectivity index (χ0) is 16.0. The molecule has 0 aliphatic heterocycles. The number of carbonyl (C=O) groups excluding carboxylic acids is 2. The summed E-state index contributed by atoms with van der Waals surface area (Å²) in [6, 6.07) is 4.59. The van der Waals surface area contributed by atoms with Crippen LogP contribution in [-0.4, -0.2) is 35.7 Å². The van der Waals surface area contributed by atoms with Gasteiger partial charge in [-0.3, -0.25) is 4.79 Å². The smallest absolute Gasteiger partial charge is 0.230 e. The number of anilines is 1. The number of benzene rings is 1. The van der Waals surface area contributed by atoms with Gasteiger partial charge >= 0.3 is 0 Å². The molecule has 0 heterocycles. The molecular weight excluding hydrogens is 272 g/mol. The molecular formula is C15H22N2O4. The maximum Gasteiger partial charge on any atom is 0.230 e. The molecule has 116 valence electrons. The van der Waals surface area contributed by atoms with E-state index in [0.29, 0.717) is 5.69 Å². The van der Waals surface area contributed by atoms with Gasteiger partial charge in [0.15, 0.2) is 0 Å². The van der Waals surface area contributed by atoms with Crippen molar-refractivity contribution >= 4 is 17.6 Å². The van der Waals surface area contributed by atoms with E-state index in [2.05, 4.69) is 5.32 Å². The number of carboxylic acids is 1. The predicted octanol–water partition coefficient (Wildman–Crippen LogP) is -1.31. The minimum Gasteiger partial charge on any atom is -0.544 e. The van der Waals surface area contributed by atoms with Crippen LogP contribution in [0.15, 0.2) is 18.2 Å². The van der Waals surface area contributed by atoms with Crippen LogP contribution in [0, 0.1) is 13.8 Å². The van der Waals surface area contributed by atoms with Crippen molar-refractivity contribution in [1.29, 1.82) is 0 Å². The van der Waals surface area contributed by atoms with Gasteiger partial charge in [-0.05, 0) is 32.4 Å². The molecule has 0 aliphatic carbocycles. The van der Waals surface area contributed by atoms with Gasteiger partial charge in [-0.15, -0.1) is 0 Å². The highest BCUT2D eigenvalue weighted by Gasteiger charge is 2.19. The second-order valence-electron chi connectivity index (χ2n) is 5.32. The summed E-state index contributed by atoms with van der Waals surface area (Å²) in [6.45, 7) is 5.59. The maximum atomic E-state index is 11.9. The van der Waals surface area contributed by atoms with E-state index in [9.17, 15) is 14.7 Å². The normalized spacial score (nSPS) is 13.5. The molecule has 0 unspecified atom stereocenters. The lowest BCUT2D eigenvalue weighted by atomic mass is 10.1. The lowest BCUT2D eigenvalue weighted by molar-refractivity contribution is -0.687. The number of carbonyl (C=O) groups is 2. The number of rotatable bonds is 7. The Labute approximate surface area is 124 Å². The second-order valence-corrected chi connectivity index (χ2v) is 5.32. The van der Waals surface area contributed by atoms with E-state index in [-0.39, 0.29) is 13.0 Å². The Bertz CT molecular complexity index is 514. The molecule has 0 spiro atoms. The number of nitrogens with two attached hydrogens (primary N) is 1. The zero-order valence-electron chi connectivity index (χ0n) is 12.6. The predicted molar refractivity (Wildman–Crippen MR) is 76.4 cm³/mol. The Hall–Kier alpha value is -1.92. The number of aryl methyl sites for hydroxylation is 2. The number of nitrogens with one attached hydrogen (secondary N) is 1. The molecule has 1 aromatic carbocycles. The summed E-state index contributed by atoms with van der Waals surface area (Å²) >= 11 is 0. The van der Waals surface area contributed by atoms with E-state index in [1.54, 1.807) is 13.0 Å². The van der Waals surface area contributed by atoms with E-state index in [0.717, 1.165) is 11.1 Å². The van der Waals surface area contributed by atoms with Gasteiger partial charge in [-0.2, -0.15) is 0 Å². The third kappa shape index (κ3) is 5.93. The molecule has 2 atom stereocenters. The number of aliphatic hydroxyl groups excluding tert-OH is 1. The van der Waals surface area contributed by atoms with Crippen molar-refractivity contribution in [2.45, 2.75) is 39.3 Å². The molecule has 21 heavy (non-hydrogen) atoms. The molecule has 0 saturated heterocycles. The Balaban J connectivity index is 2.63. The van der Waals surface area contributed by atoms with E-state index in [4.69, 9.17) is 5.11 Å². The van der Waals surface area contributed by atoms with Crippen molar-refractivity contribution in [2.75, 3.05) is 11.9 Å². The monoisotopic (exact) mass is 294 g/mol. The fourth-order valence-corrected chi connectivity index (χ4v) is 1.98. The Kier molecular flexibility index (Phi) is 6.33. The van der Waals surface area contributed by atoms with E-state index < -0.39 is 24.0 Å². The minimum absolute atomic E-state index is 0.204. The van der Waals surface area contributed by atoms with Gasteiger partial charge in [0.2, 0.25) is 5.91 Å². The molecule has 0 bridgehead atoms. The van der Waals surface area contributed by atoms with Gasteiger partial charge in [0.25, 0.3) is 0 Å². The van der Waals surface area contributed by atoms with Gasteiger partial charge in [0.1, 0.15) is 12.6 Å². The molecule has 0 fully saturated rings. The first-order valence-corrected chi connectivity index (χ1v) is 6.89. The maximum absolute atomic E-state index is 11.9. The fraction of sp³-hybridized carbons (Fsp3) is 0.467. The molecule has 0 aromatic heterocycles. The molecule has 0 radical (unpaired) electrons. The summed E-state index contributed by atoms with van der Waals surface area (Å²) in [4.78, 5) is 22.9. The highest BCUT2D eigenvalue weighted by molar-refractivity contribution is 5.94. The highest BCUT2D eigenvalue weighted by Crippen LogP contribution is 2.16. The molecule has 4 N–H and O–H groups in total. The van der Waals surface area contributed by atoms with Gasteiger partial charge in [0, 0.05) is 5.69 Å². The minimum atomic E-state index is -1.31. The van der Waals surface area contributed by atoms with Crippen LogP contribution < -0.4 is 15.7 Å². The number of aliphatic carboxylic acids is 1. The van der Waals surface area contributed by atoms with E-state index in [1.807, 2.05) is 26.0 Å². The van der Waals surface area contributed by atoms with Crippen LogP contribution in [0.2, 0.25) is 0 Å². The number of quaternary nitrogens is 1. The molecule has 6 nitrogen and oxygen atoms in total. The highest BCUT2D eigenvalue weighted by atomic mass is 16.4. The number of amides is 1. The van der Waals surface area contributed by atoms with Crippen molar-refractivity contribution in [1.82, 2.24) is 0 Å². The van der Waals surface area contributed by atoms with Gasteiger partial charge in [-0.25, -0.2) is 0 Å². The van der Waals surface area contributed by atoms with E-state index in [1.165, 1.54) is 5.32 Å². The first-order valence-electron chi connectivity index (χ1n) is 6.89. The van der Waals surface area contributed by atoms with Gasteiger partial charge in [-0.1, -0.05) is 17.7 Å². The van der Waals surface area contributed by atoms with E-state index >= 15 is 0 Å². The average Bonchev–Trinajstić information content (AvgIpc) is 2.37. The number of hydrogen-bond donors (Lipinski definition) is 3. The third-order valence-electron chi connectivity index (χ3n) is 3.13. The van der Waals surface area contributed by atoms with Crippen LogP contribution in [0.1, 0.15) is 24.5 Å². The summed E-state index contributed by atoms with van der Waals surface area (Å²) in [5.41, 5.74) is 2.67. The first-order chi connectivity index (χ1) is 9.79. The molecule has 1 amide bonds. The second kappa shape index (κ2) is 7.75. The standard InChI is InChI=1S/C15H22N2O4/c1-9-4-5-12(10(2)6-9)17-14(19)7-13(15(20)21)16-8-11(3)18/h4-6,11,13,16,18H,7-8H2,1-3H3,(H,17,19)(H,20,21)/t11-,13-/m0/s1. The van der Waals surface area contributed by atoms with Crippen molar-refractivity contribution in [3.8, 4) is 0 Å². The summed E-state index contributed by atoms with van der Waals surface area (Å²) in [7, 11) is 0. The first kappa shape index (κ1) is 17.1. The van der Waals surface area contributed by atoms with Crippen LogP contribution in [0.4, 0.5) is 5.69 Å². The third-order valence-corrected chi connectivity index (χ3v) is 3.13. The largest absolute Gasteiger partial charge is 0.544 e. The summed E-state index contributed by atoms with van der Waals surface area (Å²) in [6.07, 6.45) is -0.850. The molecule has 0 aliphatic rings. The summed E-state index contributed by atoms with van der Waals surface area (Å²) in [5, 5.41) is 24.3. The van der Waals surface area contributed by atoms with Gasteiger partial charge in [0.05, 0.1) is 18.5 Å². The van der Waals surface area contributed by atoms with Gasteiger partial charge < -0.3 is 25.6 Å². The molecule has 6 heteroatoms. The Morgan fingerprint density at radius 3 is 2.57 bits per heavy atom. The Morgan fingerprint density at radius 2 is 2.05 bits per heavy atom. The van der Waals surface area contributed by atoms with Crippen LogP contribution >= 0.6 is 0 Å². The molecule has 1 aromatic rings. The number of aliphatic hydroxyl groups is 1. The van der Waals surface area contributed by atoms with Crippen molar-refractivity contribution < 1.29 is 25.1 Å². The van der Waals surface area contributed by atoms with Crippen LogP contribution in [-0.2, 0) is 9.59 Å². The van der Waals surface area contributed by atoms with Crippen LogP contribution in [0.5, 0.6) is 0 Å². The number of hydrogen-bond acceptors (Lipinski definition) is 4. The average molecular weight is 294 g/mol. The zero-order valence-corrected chi connectivity index (χ0v) is 12.6. The van der Waals surface area contributed by atoms with Crippen molar-refractivity contribution in [3.63, 3.8) is 0 Å². The lowest BCUT2D eigenvalue weighted by Gasteiger charge is -2.17. The Morgan fingerprint density at radius 1 is 1.38 bits per heavy atom. The van der Waals surface area contributed by atoms with Crippen molar-refractivity contribution in [2.24, 2.45) is 0 Å². The lowest BCUT2D eigenvalue weighted by Crippen LogP contribution is -2.94. The summed E-state index contributed by atoms with van der Waals surface area (Å²) < 4.78 is 0. The SMILES string of the molecule is Cc1ccc(NC(=O)C[C@H]([NH2+]C[C@H](C)O)C(=O)[O-])c(C)c1. The quantitative estimate of drug-likeness (QED) is 0.581. The molecule has 0 saturated carbocycles. The summed E-state index contributed by atoms with van der Waals surface area (Å²) in [5.74, 6) is -1.70. The topological polar surface area (TPSA) is 106 Å². The fourth-order valence-electron chi connectivity index (χ4n) is 1.98. The number of carboxylic acid groups (broad SMARTS) is 1. The van der Waals surface area contributed by atoms with Crippen LogP contribution in [0.25, 0.3) is 0 Å². The molecule has 1 rings (SSSR count). The van der Waals surface area contributed by atoms with Crippen LogP contribution in [0.3, 0.4) is 0 Å².